The van der Waals surface area contributed by atoms with Gasteiger partial charge in [-0.3, -0.25) is 9.13 Å². The number of aliphatic hydroxyl groups is 2. The lowest BCUT2D eigenvalue weighted by atomic mass is 9.75. The highest BCUT2D eigenvalue weighted by Gasteiger charge is 2.49. The van der Waals surface area contributed by atoms with Gasteiger partial charge >= 0.3 is 7.60 Å². The molecule has 11 nitrogen and oxygen atoms in total. The number of benzene rings is 1. The Bertz CT molecular complexity index is 1360. The van der Waals surface area contributed by atoms with E-state index in [1.54, 1.807) is 0 Å². The van der Waals surface area contributed by atoms with Crippen LogP contribution in [0.1, 0.15) is 36.6 Å². The van der Waals surface area contributed by atoms with Crippen molar-refractivity contribution < 1.29 is 29.3 Å². The van der Waals surface area contributed by atoms with Crippen LogP contribution in [0.25, 0.3) is 11.2 Å². The zero-order chi connectivity index (χ0) is 25.2. The lowest BCUT2D eigenvalue weighted by Gasteiger charge is -2.49. The van der Waals surface area contributed by atoms with Crippen LogP contribution in [0.2, 0.25) is 5.28 Å². The van der Waals surface area contributed by atoms with E-state index in [1.165, 1.54) is 22.0 Å². The molecule has 1 aliphatic carbocycles. The minimum Gasteiger partial charge on any atom is -0.388 e. The Morgan fingerprint density at radius 2 is 1.94 bits per heavy atom. The van der Waals surface area contributed by atoms with Crippen molar-refractivity contribution in [3.63, 3.8) is 0 Å². The summed E-state index contributed by atoms with van der Waals surface area (Å²) in [5.41, 5.74) is 3.79. The summed E-state index contributed by atoms with van der Waals surface area (Å²) in [4.78, 5) is 33.6. The van der Waals surface area contributed by atoms with Crippen molar-refractivity contribution in [2.75, 3.05) is 24.2 Å². The summed E-state index contributed by atoms with van der Waals surface area (Å²) >= 11 is 6.31. The fourth-order valence-corrected chi connectivity index (χ4v) is 6.66. The number of hydrogen-bond donors (Lipinski definition) is 4. The summed E-state index contributed by atoms with van der Waals surface area (Å²) in [5, 5.41) is 21.2. The first kappa shape index (κ1) is 24.2. The molecule has 2 aromatic heterocycles. The van der Waals surface area contributed by atoms with Crippen LogP contribution >= 0.6 is 19.2 Å². The van der Waals surface area contributed by atoms with E-state index in [1.807, 2.05) is 0 Å². The maximum Gasteiger partial charge on any atom is 0.325 e. The highest BCUT2D eigenvalue weighted by Crippen LogP contribution is 2.47. The second-order valence-electron chi connectivity index (χ2n) is 10.0. The normalized spacial score (nSPS) is 27.1. The van der Waals surface area contributed by atoms with Crippen molar-refractivity contribution in [2.24, 2.45) is 0 Å². The molecule has 4 N–H and O–H groups in total. The van der Waals surface area contributed by atoms with Crippen LogP contribution in [-0.4, -0.2) is 77.1 Å². The fraction of sp³-hybridized carbons (Fsp3) is 0.522. The first-order valence-electron chi connectivity index (χ1n) is 11.9. The van der Waals surface area contributed by atoms with Crippen molar-refractivity contribution in [2.45, 2.75) is 55.6 Å². The number of halogens is 1. The third kappa shape index (κ3) is 4.03. The number of hydrogen-bond acceptors (Lipinski definition) is 8. The van der Waals surface area contributed by atoms with Crippen molar-refractivity contribution in [3.8, 4) is 0 Å². The van der Waals surface area contributed by atoms with E-state index < -0.39 is 32.1 Å². The molecule has 3 aliphatic rings. The average molecular weight is 536 g/mol. The van der Waals surface area contributed by atoms with Crippen LogP contribution in [-0.2, 0) is 21.1 Å². The lowest BCUT2D eigenvalue weighted by Crippen LogP contribution is -2.58. The van der Waals surface area contributed by atoms with Crippen molar-refractivity contribution in [3.05, 3.63) is 47.0 Å². The maximum absolute atomic E-state index is 11.1. The predicted octanol–water partition coefficient (Wildman–Crippen LogP) is 1.76. The summed E-state index contributed by atoms with van der Waals surface area (Å²) in [7, 11) is -4.15. The molecular weight excluding hydrogens is 509 g/mol. The highest BCUT2D eigenvalue weighted by molar-refractivity contribution is 7.51. The first-order valence-corrected chi connectivity index (χ1v) is 14.1. The Labute approximate surface area is 211 Å². The number of fused-ring (bicyclic) bond motifs is 3. The van der Waals surface area contributed by atoms with Gasteiger partial charge in [0, 0.05) is 24.7 Å². The molecule has 192 valence electrons. The largest absolute Gasteiger partial charge is 0.388 e. The van der Waals surface area contributed by atoms with E-state index >= 15 is 0 Å². The standard InChI is InChI=1S/C23H27ClN5O6P/c24-22-26-19(28-10-23(11-28)8-7-13-4-1-2-5-14(13)23)16-20(27-22)29(12-25-16)21-18(31)17(30)15(35-21)6-3-9-36(32,33)34/h1-2,4-5,12,15,17-18,21,30-31H,3,6-11H2,(H2,32,33,34)/t15-,17?,18+,21-/m1/s1. The fourth-order valence-electron chi connectivity index (χ4n) is 5.91. The number of rotatable bonds is 6. The quantitative estimate of drug-likeness (QED) is 0.271. The molecule has 2 fully saturated rings. The second-order valence-corrected chi connectivity index (χ2v) is 12.1. The van der Waals surface area contributed by atoms with Gasteiger partial charge in [-0.15, -0.1) is 0 Å². The molecule has 2 aliphatic heterocycles. The van der Waals surface area contributed by atoms with Gasteiger partial charge in [0.15, 0.2) is 23.2 Å². The zero-order valence-electron chi connectivity index (χ0n) is 19.3. The zero-order valence-corrected chi connectivity index (χ0v) is 21.0. The second kappa shape index (κ2) is 8.73. The van der Waals surface area contributed by atoms with Gasteiger partial charge in [-0.25, -0.2) is 4.98 Å². The van der Waals surface area contributed by atoms with E-state index in [2.05, 4.69) is 44.1 Å². The number of aryl methyl sites for hydroxylation is 1. The van der Waals surface area contributed by atoms with E-state index in [0.29, 0.717) is 17.0 Å². The van der Waals surface area contributed by atoms with Crippen LogP contribution < -0.4 is 4.90 Å². The molecule has 2 saturated heterocycles. The Morgan fingerprint density at radius 1 is 1.17 bits per heavy atom. The maximum atomic E-state index is 11.1. The summed E-state index contributed by atoms with van der Waals surface area (Å²) in [5.74, 6) is 0.616. The Morgan fingerprint density at radius 3 is 2.72 bits per heavy atom. The summed E-state index contributed by atoms with van der Waals surface area (Å²) in [6, 6.07) is 8.55. The topological polar surface area (TPSA) is 154 Å². The summed E-state index contributed by atoms with van der Waals surface area (Å²) < 4.78 is 18.6. The van der Waals surface area contributed by atoms with Gasteiger partial charge in [0.25, 0.3) is 0 Å². The molecule has 4 heterocycles. The monoisotopic (exact) mass is 535 g/mol. The summed E-state index contributed by atoms with van der Waals surface area (Å²) in [6.07, 6.45) is -0.618. The molecular formula is C23H27ClN5O6P. The van der Waals surface area contributed by atoms with Crippen LogP contribution in [0.4, 0.5) is 5.82 Å². The number of aromatic nitrogens is 4. The molecule has 1 spiro atoms. The Kier molecular flexibility index (Phi) is 5.88. The van der Waals surface area contributed by atoms with Crippen LogP contribution in [0.15, 0.2) is 30.6 Å². The molecule has 13 heteroatoms. The minimum absolute atomic E-state index is 0.0400. The molecule has 0 amide bonds. The Hall–Kier alpha value is -2.11. The highest BCUT2D eigenvalue weighted by atomic mass is 35.5. The van der Waals surface area contributed by atoms with Crippen LogP contribution in [0, 0.1) is 0 Å². The van der Waals surface area contributed by atoms with E-state index in [0.717, 1.165) is 25.9 Å². The summed E-state index contributed by atoms with van der Waals surface area (Å²) in [6.45, 7) is 1.59. The average Bonchev–Trinajstić information content (AvgIpc) is 3.47. The van der Waals surface area contributed by atoms with Crippen molar-refractivity contribution in [1.82, 2.24) is 19.5 Å². The number of nitrogens with zero attached hydrogens (tertiary/aromatic N) is 5. The molecule has 1 unspecified atom stereocenters. The minimum atomic E-state index is -4.15. The van der Waals surface area contributed by atoms with Crippen LogP contribution in [0.3, 0.4) is 0 Å². The van der Waals surface area contributed by atoms with Gasteiger partial charge < -0.3 is 29.6 Å². The number of ether oxygens (including phenoxy) is 1. The SMILES string of the molecule is O=P(O)(O)CCC[C@H]1O[C@@H](n2cnc3c(N4CC5(CCc6ccccc65)C4)nc(Cl)nc32)[C@@H](O)C1O. The van der Waals surface area contributed by atoms with Gasteiger partial charge in [0.2, 0.25) is 5.28 Å². The van der Waals surface area contributed by atoms with Gasteiger partial charge in [0.1, 0.15) is 12.2 Å². The van der Waals surface area contributed by atoms with Gasteiger partial charge in [-0.2, -0.15) is 9.97 Å². The predicted molar refractivity (Wildman–Crippen MR) is 131 cm³/mol. The van der Waals surface area contributed by atoms with Crippen molar-refractivity contribution >= 4 is 36.2 Å². The third-order valence-corrected chi connectivity index (χ3v) is 8.74. The molecule has 36 heavy (non-hydrogen) atoms. The molecule has 0 bridgehead atoms. The molecule has 1 aromatic carbocycles. The smallest absolute Gasteiger partial charge is 0.325 e. The van der Waals surface area contributed by atoms with Gasteiger partial charge in [0.05, 0.1) is 12.4 Å². The number of imidazole rings is 1. The van der Waals surface area contributed by atoms with E-state index in [4.69, 9.17) is 26.1 Å². The van der Waals surface area contributed by atoms with E-state index in [9.17, 15) is 14.8 Å². The van der Waals surface area contributed by atoms with Gasteiger partial charge in [-0.05, 0) is 48.4 Å². The Balaban J connectivity index is 1.24. The molecule has 0 radical (unpaired) electrons. The first-order chi connectivity index (χ1) is 17.2. The van der Waals surface area contributed by atoms with Gasteiger partial charge in [-0.1, -0.05) is 24.3 Å². The molecule has 4 atom stereocenters. The number of anilines is 1. The third-order valence-electron chi connectivity index (χ3n) is 7.67. The molecule has 6 rings (SSSR count). The number of aliphatic hydroxyl groups excluding tert-OH is 2. The van der Waals surface area contributed by atoms with E-state index in [-0.39, 0.29) is 29.7 Å². The molecule has 3 aromatic rings. The lowest BCUT2D eigenvalue weighted by molar-refractivity contribution is -0.0370. The van der Waals surface area contributed by atoms with Crippen molar-refractivity contribution in [1.29, 1.82) is 0 Å². The van der Waals surface area contributed by atoms with Crippen LogP contribution in [0.5, 0.6) is 0 Å². The molecule has 0 saturated carbocycles.